The van der Waals surface area contributed by atoms with E-state index in [0.29, 0.717) is 5.70 Å². The predicted octanol–water partition coefficient (Wildman–Crippen LogP) is 8.64. The van der Waals surface area contributed by atoms with E-state index >= 15 is 0 Å². The van der Waals surface area contributed by atoms with Crippen LogP contribution in [0.4, 0.5) is 5.69 Å². The van der Waals surface area contributed by atoms with Crippen LogP contribution in [-0.2, 0) is 13.0 Å². The van der Waals surface area contributed by atoms with Gasteiger partial charge in [0.25, 0.3) is 0 Å². The van der Waals surface area contributed by atoms with Crippen LogP contribution < -0.4 is 16.0 Å². The summed E-state index contributed by atoms with van der Waals surface area (Å²) in [5.41, 5.74) is 21.4. The molecule has 3 heteroatoms. The Morgan fingerprint density at radius 3 is 2.25 bits per heavy atom. The molecule has 3 nitrogen and oxygen atoms in total. The second-order valence-corrected chi connectivity index (χ2v) is 14.2. The summed E-state index contributed by atoms with van der Waals surface area (Å²) in [6.07, 6.45) is 5.56. The maximum Gasteiger partial charge on any atom is 0.0403 e. The van der Waals surface area contributed by atoms with Crippen LogP contribution in [0.2, 0.25) is 0 Å². The third-order valence-corrected chi connectivity index (χ3v) is 11.4. The zero-order valence-corrected chi connectivity index (χ0v) is 27.3. The Hall–Kier alpha value is -2.52. The molecule has 0 bridgehead atoms. The third-order valence-electron chi connectivity index (χ3n) is 11.4. The fourth-order valence-electron chi connectivity index (χ4n) is 9.05. The van der Waals surface area contributed by atoms with Crippen molar-refractivity contribution in [3.05, 3.63) is 81.6 Å². The maximum atomic E-state index is 6.37. The lowest BCUT2D eigenvalue weighted by molar-refractivity contribution is 0.0544. The minimum atomic E-state index is -0.202. The van der Waals surface area contributed by atoms with Gasteiger partial charge in [-0.25, -0.2) is 0 Å². The van der Waals surface area contributed by atoms with E-state index in [1.807, 2.05) is 0 Å². The SMILES string of the molecule is C=C(N)C1=C(C)CC2(C)CC3(C)Cc4c(N(C)C)cc(CNCC(CC)CC)c(C)c4C(=C)C3=C(C)C2(C)C1=C. The Balaban J connectivity index is 1.89. The molecule has 0 aliphatic heterocycles. The topological polar surface area (TPSA) is 41.3 Å². The van der Waals surface area contributed by atoms with E-state index in [-0.39, 0.29) is 16.2 Å². The fraction of sp³-hybridized carbons (Fsp3) is 0.568. The van der Waals surface area contributed by atoms with Gasteiger partial charge in [0.05, 0.1) is 0 Å². The number of allylic oxidation sites excluding steroid dienone is 5. The number of hydrogen-bond donors (Lipinski definition) is 2. The van der Waals surface area contributed by atoms with Gasteiger partial charge in [-0.2, -0.15) is 0 Å². The van der Waals surface area contributed by atoms with E-state index in [2.05, 4.69) is 92.3 Å². The molecule has 3 atom stereocenters. The molecule has 40 heavy (non-hydrogen) atoms. The smallest absolute Gasteiger partial charge is 0.0403 e. The highest BCUT2D eigenvalue weighted by Crippen LogP contribution is 2.70. The molecule has 0 fully saturated rings. The molecule has 0 radical (unpaired) electrons. The molecule has 3 unspecified atom stereocenters. The zero-order valence-electron chi connectivity index (χ0n) is 27.3. The van der Waals surface area contributed by atoms with E-state index in [4.69, 9.17) is 18.9 Å². The highest BCUT2D eigenvalue weighted by Gasteiger charge is 2.60. The van der Waals surface area contributed by atoms with Gasteiger partial charge in [-0.1, -0.05) is 78.3 Å². The summed E-state index contributed by atoms with van der Waals surface area (Å²) in [6, 6.07) is 2.44. The first kappa shape index (κ1) is 30.4. The predicted molar refractivity (Wildman–Crippen MR) is 175 cm³/mol. The Labute approximate surface area is 245 Å². The third kappa shape index (κ3) is 4.35. The van der Waals surface area contributed by atoms with Crippen LogP contribution in [0.15, 0.2) is 59.4 Å². The fourth-order valence-corrected chi connectivity index (χ4v) is 9.05. The van der Waals surface area contributed by atoms with E-state index in [0.717, 1.165) is 49.4 Å². The van der Waals surface area contributed by atoms with E-state index in [9.17, 15) is 0 Å². The van der Waals surface area contributed by atoms with Crippen LogP contribution >= 0.6 is 0 Å². The highest BCUT2D eigenvalue weighted by molar-refractivity contribution is 5.89. The van der Waals surface area contributed by atoms with Crippen molar-refractivity contribution in [1.82, 2.24) is 5.32 Å². The van der Waals surface area contributed by atoms with Crippen molar-refractivity contribution in [1.29, 1.82) is 0 Å². The lowest BCUT2D eigenvalue weighted by Gasteiger charge is -2.62. The summed E-state index contributed by atoms with van der Waals surface area (Å²) < 4.78 is 0. The first-order chi connectivity index (χ1) is 18.6. The van der Waals surface area contributed by atoms with Gasteiger partial charge in [-0.15, -0.1) is 0 Å². The molecule has 3 N–H and O–H groups in total. The van der Waals surface area contributed by atoms with Crippen molar-refractivity contribution < 1.29 is 0 Å². The molecule has 4 rings (SSSR count). The number of rotatable bonds is 8. The summed E-state index contributed by atoms with van der Waals surface area (Å²) in [5, 5.41) is 3.78. The molecular weight excluding hydrogens is 486 g/mol. The lowest BCUT2D eigenvalue weighted by atomic mass is 9.41. The summed E-state index contributed by atoms with van der Waals surface area (Å²) in [7, 11) is 4.38. The molecular formula is C37H55N3. The number of nitrogens with two attached hydrogens (primary N) is 1. The monoisotopic (exact) mass is 541 g/mol. The number of fused-ring (bicyclic) bond motifs is 3. The van der Waals surface area contributed by atoms with Crippen LogP contribution in [-0.4, -0.2) is 20.6 Å². The standard InChI is InChI=1S/C37H55N3/c1-14-28(15-2)19-39-20-29-16-31(40(12)13)30-18-35(9)21-36(10)17-22(3)32(27(8)38)25(6)37(36,11)26(7)34(35)24(5)33(30)23(29)4/h16,28,39H,5-6,8,14-15,17-21,38H2,1-4,7,9-13H3. The van der Waals surface area contributed by atoms with Gasteiger partial charge in [0.15, 0.2) is 0 Å². The van der Waals surface area contributed by atoms with Gasteiger partial charge in [0, 0.05) is 37.4 Å². The Kier molecular flexibility index (Phi) is 7.91. The largest absolute Gasteiger partial charge is 0.399 e. The highest BCUT2D eigenvalue weighted by atomic mass is 15.1. The van der Waals surface area contributed by atoms with Crippen LogP contribution in [0.3, 0.4) is 0 Å². The Morgan fingerprint density at radius 1 is 1.07 bits per heavy atom. The van der Waals surface area contributed by atoms with Gasteiger partial charge in [0.2, 0.25) is 0 Å². The minimum absolute atomic E-state index is 0.00660. The minimum Gasteiger partial charge on any atom is -0.399 e. The van der Waals surface area contributed by atoms with Crippen molar-refractivity contribution in [3.63, 3.8) is 0 Å². The van der Waals surface area contributed by atoms with E-state index in [1.54, 1.807) is 0 Å². The average Bonchev–Trinajstić information content (AvgIpc) is 2.84. The zero-order chi connectivity index (χ0) is 29.9. The van der Waals surface area contributed by atoms with Gasteiger partial charge >= 0.3 is 0 Å². The number of nitrogens with zero attached hydrogens (tertiary/aromatic N) is 1. The van der Waals surface area contributed by atoms with Crippen LogP contribution in [0.25, 0.3) is 5.57 Å². The normalized spacial score (nSPS) is 28.1. The van der Waals surface area contributed by atoms with Crippen molar-refractivity contribution >= 4 is 11.3 Å². The van der Waals surface area contributed by atoms with Gasteiger partial charge in [-0.3, -0.25) is 0 Å². The van der Waals surface area contributed by atoms with E-state index < -0.39 is 0 Å². The Bertz CT molecular complexity index is 1330. The number of hydrogen-bond acceptors (Lipinski definition) is 3. The van der Waals surface area contributed by atoms with Gasteiger partial charge < -0.3 is 16.0 Å². The van der Waals surface area contributed by atoms with Crippen LogP contribution in [0.1, 0.15) is 96.4 Å². The van der Waals surface area contributed by atoms with Gasteiger partial charge in [0.1, 0.15) is 0 Å². The maximum absolute atomic E-state index is 6.37. The molecule has 0 amide bonds. The second-order valence-electron chi connectivity index (χ2n) is 14.2. The van der Waals surface area contributed by atoms with Crippen molar-refractivity contribution in [2.45, 2.75) is 94.0 Å². The molecule has 1 aromatic carbocycles. The number of benzene rings is 1. The average molecular weight is 542 g/mol. The van der Waals surface area contributed by atoms with Crippen LogP contribution in [0, 0.1) is 29.1 Å². The first-order valence-corrected chi connectivity index (χ1v) is 15.4. The Morgan fingerprint density at radius 2 is 1.70 bits per heavy atom. The molecule has 0 saturated heterocycles. The van der Waals surface area contributed by atoms with E-state index in [1.165, 1.54) is 63.1 Å². The lowest BCUT2D eigenvalue weighted by Crippen LogP contribution is -2.52. The molecule has 3 aliphatic rings. The van der Waals surface area contributed by atoms with Crippen molar-refractivity contribution in [2.24, 2.45) is 27.9 Å². The summed E-state index contributed by atoms with van der Waals surface area (Å²) >= 11 is 0. The molecule has 0 aromatic heterocycles. The van der Waals surface area contributed by atoms with Gasteiger partial charge in [-0.05, 0) is 114 Å². The van der Waals surface area contributed by atoms with Crippen molar-refractivity contribution in [3.8, 4) is 0 Å². The molecule has 218 valence electrons. The summed E-state index contributed by atoms with van der Waals surface area (Å²) in [6.45, 7) is 34.5. The second kappa shape index (κ2) is 10.4. The molecule has 1 aromatic rings. The molecule has 0 spiro atoms. The first-order valence-electron chi connectivity index (χ1n) is 15.4. The molecule has 0 heterocycles. The number of nitrogens with one attached hydrogen (secondary N) is 1. The summed E-state index contributed by atoms with van der Waals surface area (Å²) in [5.74, 6) is 0.725. The molecule has 3 aliphatic carbocycles. The van der Waals surface area contributed by atoms with Crippen molar-refractivity contribution in [2.75, 3.05) is 25.5 Å². The quantitative estimate of drug-likeness (QED) is 0.346. The van der Waals surface area contributed by atoms with Crippen LogP contribution in [0.5, 0.6) is 0 Å². The summed E-state index contributed by atoms with van der Waals surface area (Å²) in [4.78, 5) is 2.31. The number of anilines is 1. The molecule has 0 saturated carbocycles.